The lowest BCUT2D eigenvalue weighted by Crippen LogP contribution is -2.07. The first-order valence-electron chi connectivity index (χ1n) is 11.9. The minimum atomic E-state index is 0.0995. The van der Waals surface area contributed by atoms with Gasteiger partial charge in [-0.1, -0.05) is 73.5 Å². The molecule has 4 aromatic rings. The lowest BCUT2D eigenvalue weighted by molar-refractivity contribution is 0.102. The van der Waals surface area contributed by atoms with Crippen molar-refractivity contribution in [2.45, 2.75) is 50.1 Å². The smallest absolute Gasteiger partial charge is 0.196 e. The first-order valence-corrected chi connectivity index (χ1v) is 12.9. The molecule has 34 heavy (non-hydrogen) atoms. The van der Waals surface area contributed by atoms with Gasteiger partial charge in [-0.25, -0.2) is 0 Å². The van der Waals surface area contributed by atoms with E-state index in [0.29, 0.717) is 22.7 Å². The van der Waals surface area contributed by atoms with Gasteiger partial charge in [0.2, 0.25) is 0 Å². The summed E-state index contributed by atoms with van der Waals surface area (Å²) in [5.41, 5.74) is 5.11. The van der Waals surface area contributed by atoms with Gasteiger partial charge in [0.05, 0.1) is 11.4 Å². The summed E-state index contributed by atoms with van der Waals surface area (Å²) in [6, 6.07) is 20.3. The molecule has 0 bridgehead atoms. The van der Waals surface area contributed by atoms with Crippen molar-refractivity contribution in [2.24, 2.45) is 0 Å². The summed E-state index contributed by atoms with van der Waals surface area (Å²) >= 11 is 1.42. The Labute approximate surface area is 204 Å². The number of ketones is 1. The van der Waals surface area contributed by atoms with Gasteiger partial charge in [-0.3, -0.25) is 14.3 Å². The van der Waals surface area contributed by atoms with E-state index in [-0.39, 0.29) is 5.78 Å². The molecule has 0 atom stereocenters. The molecule has 0 amide bonds. The van der Waals surface area contributed by atoms with Crippen molar-refractivity contribution in [3.8, 4) is 17.1 Å². The third-order valence-electron chi connectivity index (χ3n) is 6.55. The molecule has 0 unspecified atom stereocenters. The third-order valence-corrected chi connectivity index (χ3v) is 7.48. The van der Waals surface area contributed by atoms with Gasteiger partial charge in [-0.05, 0) is 55.0 Å². The number of rotatable bonds is 7. The largest absolute Gasteiger partial charge is 0.293 e. The number of aryl methyl sites for hydroxylation is 1. The number of carbonyl (C=O) groups excluding carboxylic acids is 1. The summed E-state index contributed by atoms with van der Waals surface area (Å²) in [4.78, 5) is 17.2. The van der Waals surface area contributed by atoms with Gasteiger partial charge in [-0.15, -0.1) is 10.2 Å². The number of carbonyl (C=O) groups is 1. The molecule has 0 aliphatic heterocycles. The summed E-state index contributed by atoms with van der Waals surface area (Å²) in [6.07, 6.45) is 10.0. The highest BCUT2D eigenvalue weighted by molar-refractivity contribution is 7.99. The standard InChI is InChI=1S/C28H28N4OS/c1-20-8-5-6-12-25(20)32-27(24-11-7-17-29-18-24)30-31-28(32)34-19-26(33)23-15-13-22(14-16-23)21-9-3-2-4-10-21/h5-8,11-18,21H,2-4,9-10,19H2,1H3. The van der Waals surface area contributed by atoms with Gasteiger partial charge in [0.25, 0.3) is 0 Å². The minimum Gasteiger partial charge on any atom is -0.293 e. The SMILES string of the molecule is Cc1ccccc1-n1c(SCC(=O)c2ccc(C3CCCCC3)cc2)nnc1-c1cccnc1. The maximum absolute atomic E-state index is 13.0. The third kappa shape index (κ3) is 4.82. The molecular formula is C28H28N4OS. The average Bonchev–Trinajstić information content (AvgIpc) is 3.32. The van der Waals surface area contributed by atoms with Crippen LogP contribution in [0.1, 0.15) is 59.5 Å². The van der Waals surface area contributed by atoms with Gasteiger partial charge in [0, 0.05) is 23.5 Å². The zero-order chi connectivity index (χ0) is 23.3. The second kappa shape index (κ2) is 10.3. The van der Waals surface area contributed by atoms with Crippen LogP contribution in [0.2, 0.25) is 0 Å². The summed E-state index contributed by atoms with van der Waals surface area (Å²) in [5.74, 6) is 1.77. The van der Waals surface area contributed by atoms with E-state index >= 15 is 0 Å². The van der Waals surface area contributed by atoms with E-state index < -0.39 is 0 Å². The van der Waals surface area contributed by atoms with E-state index in [1.807, 2.05) is 41.0 Å². The fourth-order valence-electron chi connectivity index (χ4n) is 4.67. The first kappa shape index (κ1) is 22.5. The molecule has 2 aromatic carbocycles. The lowest BCUT2D eigenvalue weighted by Gasteiger charge is -2.22. The number of hydrogen-bond donors (Lipinski definition) is 0. The van der Waals surface area contributed by atoms with Crippen LogP contribution >= 0.6 is 11.8 Å². The van der Waals surface area contributed by atoms with Crippen LogP contribution in [0.5, 0.6) is 0 Å². The molecule has 5 nitrogen and oxygen atoms in total. The van der Waals surface area contributed by atoms with Crippen molar-refractivity contribution in [1.82, 2.24) is 19.7 Å². The fraction of sp³-hybridized carbons (Fsp3) is 0.286. The first-order chi connectivity index (χ1) is 16.7. The normalized spacial score (nSPS) is 14.3. The van der Waals surface area contributed by atoms with Gasteiger partial charge in [0.1, 0.15) is 0 Å². The highest BCUT2D eigenvalue weighted by Crippen LogP contribution is 2.33. The number of aromatic nitrogens is 4. The van der Waals surface area contributed by atoms with E-state index in [1.165, 1.54) is 49.4 Å². The summed E-state index contributed by atoms with van der Waals surface area (Å²) in [7, 11) is 0. The predicted molar refractivity (Wildman–Crippen MR) is 137 cm³/mol. The molecule has 0 saturated heterocycles. The Kier molecular flexibility index (Phi) is 6.86. The van der Waals surface area contributed by atoms with Gasteiger partial charge < -0.3 is 0 Å². The van der Waals surface area contributed by atoms with Crippen molar-refractivity contribution in [2.75, 3.05) is 5.75 Å². The van der Waals surface area contributed by atoms with Crippen LogP contribution in [0, 0.1) is 6.92 Å². The fourth-order valence-corrected chi connectivity index (χ4v) is 5.51. The van der Waals surface area contributed by atoms with Crippen LogP contribution in [0.4, 0.5) is 0 Å². The number of para-hydroxylation sites is 1. The average molecular weight is 469 g/mol. The highest BCUT2D eigenvalue weighted by atomic mass is 32.2. The van der Waals surface area contributed by atoms with Crippen LogP contribution in [0.25, 0.3) is 17.1 Å². The van der Waals surface area contributed by atoms with E-state index in [2.05, 4.69) is 46.4 Å². The minimum absolute atomic E-state index is 0.0995. The van der Waals surface area contributed by atoms with Crippen LogP contribution in [-0.4, -0.2) is 31.3 Å². The number of pyridine rings is 1. The molecule has 1 saturated carbocycles. The molecule has 0 spiro atoms. The van der Waals surface area contributed by atoms with Crippen LogP contribution in [0.3, 0.4) is 0 Å². The second-order valence-corrected chi connectivity index (χ2v) is 9.78. The van der Waals surface area contributed by atoms with Crippen molar-refractivity contribution in [3.05, 3.63) is 89.7 Å². The van der Waals surface area contributed by atoms with E-state index in [0.717, 1.165) is 22.4 Å². The molecule has 0 N–H and O–H groups in total. The van der Waals surface area contributed by atoms with Crippen molar-refractivity contribution in [1.29, 1.82) is 0 Å². The predicted octanol–water partition coefficient (Wildman–Crippen LogP) is 6.66. The monoisotopic (exact) mass is 468 g/mol. The highest BCUT2D eigenvalue weighted by Gasteiger charge is 2.20. The quantitative estimate of drug-likeness (QED) is 0.224. The molecule has 2 aromatic heterocycles. The molecule has 0 radical (unpaired) electrons. The number of nitrogens with zero attached hydrogens (tertiary/aromatic N) is 4. The zero-order valence-corrected chi connectivity index (χ0v) is 20.2. The summed E-state index contributed by atoms with van der Waals surface area (Å²) in [5, 5.41) is 9.60. The van der Waals surface area contributed by atoms with Gasteiger partial charge in [0.15, 0.2) is 16.8 Å². The topological polar surface area (TPSA) is 60.7 Å². The lowest BCUT2D eigenvalue weighted by atomic mass is 9.84. The van der Waals surface area contributed by atoms with E-state index in [1.54, 1.807) is 12.4 Å². The maximum Gasteiger partial charge on any atom is 0.196 e. The van der Waals surface area contributed by atoms with Gasteiger partial charge >= 0.3 is 0 Å². The Morgan fingerprint density at radius 1 is 0.971 bits per heavy atom. The molecule has 172 valence electrons. The number of Topliss-reactive ketones (excluding diaryl/α,β-unsaturated/α-hetero) is 1. The molecule has 2 heterocycles. The van der Waals surface area contributed by atoms with Crippen LogP contribution in [0.15, 0.2) is 78.2 Å². The van der Waals surface area contributed by atoms with Crippen molar-refractivity contribution >= 4 is 17.5 Å². The Morgan fingerprint density at radius 3 is 2.50 bits per heavy atom. The second-order valence-electron chi connectivity index (χ2n) is 8.84. The zero-order valence-electron chi connectivity index (χ0n) is 19.4. The van der Waals surface area contributed by atoms with Gasteiger partial charge in [-0.2, -0.15) is 0 Å². The summed E-state index contributed by atoms with van der Waals surface area (Å²) in [6.45, 7) is 2.07. The van der Waals surface area contributed by atoms with Crippen molar-refractivity contribution < 1.29 is 4.79 Å². The van der Waals surface area contributed by atoms with Crippen LogP contribution < -0.4 is 0 Å². The Balaban J connectivity index is 1.37. The molecule has 5 rings (SSSR count). The van der Waals surface area contributed by atoms with Crippen molar-refractivity contribution in [3.63, 3.8) is 0 Å². The Morgan fingerprint density at radius 2 is 1.76 bits per heavy atom. The van der Waals surface area contributed by atoms with Crippen LogP contribution in [-0.2, 0) is 0 Å². The number of benzene rings is 2. The molecule has 1 aliphatic carbocycles. The Hall–Kier alpha value is -3.25. The van der Waals surface area contributed by atoms with E-state index in [4.69, 9.17) is 0 Å². The number of hydrogen-bond acceptors (Lipinski definition) is 5. The number of thioether (sulfide) groups is 1. The molecular weight excluding hydrogens is 440 g/mol. The van der Waals surface area contributed by atoms with E-state index in [9.17, 15) is 4.79 Å². The maximum atomic E-state index is 13.0. The molecule has 1 fully saturated rings. The Bertz CT molecular complexity index is 1260. The summed E-state index contributed by atoms with van der Waals surface area (Å²) < 4.78 is 2.02. The molecule has 1 aliphatic rings. The molecule has 6 heteroatoms.